The van der Waals surface area contributed by atoms with Gasteiger partial charge < -0.3 is 35.1 Å². The highest BCUT2D eigenvalue weighted by Gasteiger charge is 2.33. The highest BCUT2D eigenvalue weighted by Crippen LogP contribution is 2.44. The smallest absolute Gasteiger partial charge is 0.328 e. The number of anilines is 2. The fraction of sp³-hybridized carbons (Fsp3) is 0.286. The number of carboxylic acids is 4. The van der Waals surface area contributed by atoms with Crippen molar-refractivity contribution in [3.05, 3.63) is 71.8 Å². The number of benzene rings is 2. The number of sulfone groups is 1. The van der Waals surface area contributed by atoms with E-state index in [1.165, 1.54) is 0 Å². The number of halogens is 1. The van der Waals surface area contributed by atoms with Gasteiger partial charge in [-0.15, -0.1) is 0 Å². The topological polar surface area (TPSA) is 193 Å². The number of para-hydroxylation sites is 1. The first-order valence-electron chi connectivity index (χ1n) is 12.8. The quantitative estimate of drug-likeness (QED) is 0.309. The molecular weight excluding hydrogens is 606 g/mol. The zero-order valence-electron chi connectivity index (χ0n) is 23.2. The Morgan fingerprint density at radius 1 is 0.744 bits per heavy atom. The highest BCUT2D eigenvalue weighted by atomic mass is 35.5. The SMILES string of the molecule is CN1CCN(CCCN2c3ccccc3S(=O)(=O)c3ccc(Cl)cc32)CC1.O=C(O)/C=C\C(=O)O.O=C(O)/C=C\C(=O)O. The lowest BCUT2D eigenvalue weighted by Crippen LogP contribution is -2.45. The minimum Gasteiger partial charge on any atom is -0.478 e. The second-order valence-electron chi connectivity index (χ2n) is 9.25. The maximum atomic E-state index is 13.0. The van der Waals surface area contributed by atoms with Crippen LogP contribution in [0.25, 0.3) is 0 Å². The van der Waals surface area contributed by atoms with Crippen LogP contribution in [0, 0.1) is 0 Å². The Balaban J connectivity index is 0.000000334. The van der Waals surface area contributed by atoms with Crippen molar-refractivity contribution >= 4 is 56.7 Å². The number of rotatable bonds is 8. The van der Waals surface area contributed by atoms with Gasteiger partial charge >= 0.3 is 23.9 Å². The van der Waals surface area contributed by atoms with Crippen LogP contribution < -0.4 is 4.90 Å². The Kier molecular flexibility index (Phi) is 13.3. The van der Waals surface area contributed by atoms with Gasteiger partial charge in [-0.2, -0.15) is 0 Å². The standard InChI is InChI=1S/C20H24ClN3O2S.2C4H4O4/c1-22-11-13-23(14-12-22)9-4-10-24-17-5-2-3-6-19(17)27(25,26)20-8-7-16(21)15-18(20)24;2*5-3(6)1-2-4(7)8/h2-3,5-8,15H,4,9-14H2,1H3;2*1-2H,(H,5,6)(H,7,8)/b;2*2-1-. The second kappa shape index (κ2) is 16.4. The van der Waals surface area contributed by atoms with Crippen LogP contribution in [0.3, 0.4) is 0 Å². The van der Waals surface area contributed by atoms with Gasteiger partial charge in [0.2, 0.25) is 9.84 Å². The number of hydrogen-bond acceptors (Lipinski definition) is 9. The second-order valence-corrected chi connectivity index (χ2v) is 11.6. The van der Waals surface area contributed by atoms with Crippen molar-refractivity contribution in [1.82, 2.24) is 9.80 Å². The number of carboxylic acid groups (broad SMARTS) is 4. The van der Waals surface area contributed by atoms with Gasteiger partial charge in [-0.25, -0.2) is 27.6 Å². The molecule has 0 amide bonds. The molecule has 13 nitrogen and oxygen atoms in total. The number of aliphatic carboxylic acids is 4. The molecule has 0 spiro atoms. The third-order valence-corrected chi connectivity index (χ3v) is 8.22. The lowest BCUT2D eigenvalue weighted by molar-refractivity contribution is -0.134. The van der Waals surface area contributed by atoms with Crippen molar-refractivity contribution in [1.29, 1.82) is 0 Å². The van der Waals surface area contributed by atoms with Crippen LogP contribution in [0.5, 0.6) is 0 Å². The molecule has 2 heterocycles. The molecule has 0 unspecified atom stereocenters. The molecule has 2 aliphatic rings. The molecule has 0 aliphatic carbocycles. The molecular formula is C28H32ClN3O10S. The number of carbonyl (C=O) groups is 4. The van der Waals surface area contributed by atoms with E-state index in [0.717, 1.165) is 51.4 Å². The summed E-state index contributed by atoms with van der Waals surface area (Å²) in [5.41, 5.74) is 1.42. The van der Waals surface area contributed by atoms with Crippen molar-refractivity contribution < 1.29 is 48.0 Å². The minimum absolute atomic E-state index is 0.338. The third-order valence-electron chi connectivity index (χ3n) is 6.14. The first-order valence-corrected chi connectivity index (χ1v) is 14.7. The number of fused-ring (bicyclic) bond motifs is 2. The van der Waals surface area contributed by atoms with Crippen LogP contribution in [0.15, 0.2) is 76.6 Å². The lowest BCUT2D eigenvalue weighted by atomic mass is 10.2. The summed E-state index contributed by atoms with van der Waals surface area (Å²) < 4.78 is 26.0. The molecule has 0 radical (unpaired) electrons. The average Bonchev–Trinajstić information content (AvgIpc) is 2.94. The van der Waals surface area contributed by atoms with Crippen molar-refractivity contribution in [3.63, 3.8) is 0 Å². The lowest BCUT2D eigenvalue weighted by Gasteiger charge is -2.35. The van der Waals surface area contributed by atoms with Crippen molar-refractivity contribution in [2.24, 2.45) is 0 Å². The molecule has 2 aromatic carbocycles. The van der Waals surface area contributed by atoms with Gasteiger partial charge in [0.05, 0.1) is 21.2 Å². The zero-order valence-corrected chi connectivity index (χ0v) is 24.7. The average molecular weight is 638 g/mol. The summed E-state index contributed by atoms with van der Waals surface area (Å²) in [4.78, 5) is 45.9. The summed E-state index contributed by atoms with van der Waals surface area (Å²) in [5, 5.41) is 31.8. The van der Waals surface area contributed by atoms with Gasteiger partial charge in [-0.1, -0.05) is 23.7 Å². The zero-order chi connectivity index (χ0) is 32.2. The number of nitrogens with zero attached hydrogens (tertiary/aromatic N) is 3. The van der Waals surface area contributed by atoms with E-state index < -0.39 is 33.7 Å². The molecule has 0 bridgehead atoms. The first kappa shape index (κ1) is 35.0. The predicted molar refractivity (Wildman–Crippen MR) is 158 cm³/mol. The van der Waals surface area contributed by atoms with Gasteiger partial charge in [0, 0.05) is 62.1 Å². The van der Waals surface area contributed by atoms with Crippen LogP contribution in [-0.4, -0.2) is 109 Å². The molecule has 0 aromatic heterocycles. The Morgan fingerprint density at radius 3 is 1.74 bits per heavy atom. The van der Waals surface area contributed by atoms with Gasteiger partial charge in [-0.05, 0) is 50.3 Å². The molecule has 4 rings (SSSR count). The molecule has 1 fully saturated rings. The van der Waals surface area contributed by atoms with Crippen LogP contribution >= 0.6 is 11.6 Å². The van der Waals surface area contributed by atoms with Crippen molar-refractivity contribution in [2.45, 2.75) is 16.2 Å². The molecule has 1 saturated heterocycles. The number of piperazine rings is 1. The number of likely N-dealkylation sites (N-methyl/N-ethyl adjacent to an activating group) is 1. The Labute approximate surface area is 253 Å². The van der Waals surface area contributed by atoms with Gasteiger partial charge in [-0.3, -0.25) is 0 Å². The van der Waals surface area contributed by atoms with E-state index in [4.69, 9.17) is 32.0 Å². The van der Waals surface area contributed by atoms with Crippen molar-refractivity contribution in [3.8, 4) is 0 Å². The fourth-order valence-electron chi connectivity index (χ4n) is 4.13. The third kappa shape index (κ3) is 11.2. The summed E-state index contributed by atoms with van der Waals surface area (Å²) in [6.45, 7) is 6.14. The summed E-state index contributed by atoms with van der Waals surface area (Å²) in [6, 6.07) is 12.3. The molecule has 0 atom stereocenters. The maximum absolute atomic E-state index is 13.0. The van der Waals surface area contributed by atoms with Crippen LogP contribution in [0.2, 0.25) is 5.02 Å². The first-order chi connectivity index (χ1) is 20.2. The monoisotopic (exact) mass is 637 g/mol. The Hall–Kier alpha value is -4.24. The molecule has 0 saturated carbocycles. The van der Waals surface area contributed by atoms with Gasteiger partial charge in [0.25, 0.3) is 0 Å². The van der Waals surface area contributed by atoms with Crippen LogP contribution in [-0.2, 0) is 29.0 Å². The van der Waals surface area contributed by atoms with Crippen molar-refractivity contribution in [2.75, 3.05) is 51.2 Å². The molecule has 15 heteroatoms. The molecule has 4 N–H and O–H groups in total. The molecule has 2 aliphatic heterocycles. The number of hydrogen-bond donors (Lipinski definition) is 4. The molecule has 2 aromatic rings. The highest BCUT2D eigenvalue weighted by molar-refractivity contribution is 7.92. The van der Waals surface area contributed by atoms with E-state index in [-0.39, 0.29) is 0 Å². The summed E-state index contributed by atoms with van der Waals surface area (Å²) in [7, 11) is -1.36. The van der Waals surface area contributed by atoms with E-state index >= 15 is 0 Å². The predicted octanol–water partition coefficient (Wildman–Crippen LogP) is 2.69. The normalized spacial score (nSPS) is 15.8. The Bertz CT molecular complexity index is 1420. The van der Waals surface area contributed by atoms with Gasteiger partial charge in [0.1, 0.15) is 0 Å². The van der Waals surface area contributed by atoms with E-state index in [2.05, 4.69) is 21.7 Å². The fourth-order valence-corrected chi connectivity index (χ4v) is 5.94. The Morgan fingerprint density at radius 2 is 1.23 bits per heavy atom. The summed E-state index contributed by atoms with van der Waals surface area (Å²) in [6.07, 6.45) is 3.19. The molecule has 43 heavy (non-hydrogen) atoms. The summed E-state index contributed by atoms with van der Waals surface area (Å²) >= 11 is 6.20. The van der Waals surface area contributed by atoms with Crippen LogP contribution in [0.1, 0.15) is 6.42 Å². The minimum atomic E-state index is -3.52. The maximum Gasteiger partial charge on any atom is 0.328 e. The largest absolute Gasteiger partial charge is 0.478 e. The van der Waals surface area contributed by atoms with E-state index in [9.17, 15) is 27.6 Å². The summed E-state index contributed by atoms with van der Waals surface area (Å²) in [5.74, 6) is -5.03. The van der Waals surface area contributed by atoms with Crippen LogP contribution in [0.4, 0.5) is 11.4 Å². The van der Waals surface area contributed by atoms with E-state index in [1.807, 2.05) is 12.1 Å². The molecule has 232 valence electrons. The van der Waals surface area contributed by atoms with Gasteiger partial charge in [0.15, 0.2) is 0 Å². The van der Waals surface area contributed by atoms with E-state index in [0.29, 0.717) is 44.8 Å². The van der Waals surface area contributed by atoms with E-state index in [1.54, 1.807) is 30.3 Å².